The predicted octanol–water partition coefficient (Wildman–Crippen LogP) is 1.39. The molecule has 12 heteroatoms. The van der Waals surface area contributed by atoms with Crippen LogP contribution in [0.4, 0.5) is 11.4 Å². The van der Waals surface area contributed by atoms with E-state index in [-0.39, 0.29) is 22.8 Å². The molecule has 0 aromatic heterocycles. The zero-order chi connectivity index (χ0) is 20.9. The van der Waals surface area contributed by atoms with Gasteiger partial charge in [0, 0.05) is 6.04 Å². The first-order valence-corrected chi connectivity index (χ1v) is 11.0. The number of methoxy groups -OCH3 is 1. The molecule has 2 aromatic carbocycles. The monoisotopic (exact) mass is 427 g/mol. The summed E-state index contributed by atoms with van der Waals surface area (Å²) in [6, 6.07) is 6.78. The van der Waals surface area contributed by atoms with Crippen molar-refractivity contribution < 1.29 is 26.5 Å². The van der Waals surface area contributed by atoms with Crippen LogP contribution in [0.1, 0.15) is 12.5 Å². The fraction of sp³-hybridized carbons (Fsp3) is 0.250. The van der Waals surface area contributed by atoms with Gasteiger partial charge in [-0.3, -0.25) is 14.4 Å². The maximum Gasteiger partial charge on any atom is 0.293 e. The number of ether oxygens (including phenoxy) is 1. The van der Waals surface area contributed by atoms with Gasteiger partial charge in [-0.15, -0.1) is 0 Å². The molecule has 1 unspecified atom stereocenters. The summed E-state index contributed by atoms with van der Waals surface area (Å²) >= 11 is 0. The standard InChI is InChI=1S/C16H17N3O7S2/c1-10-7-11-8-13(27(17,22)23)4-5-14(11)18(10)28(24,25)16-6-3-12(26-2)9-15(16)19(20)21/h3-6,8-10H,7H2,1-2H3,(H2,17,22,23). The molecule has 0 fully saturated rings. The molecule has 0 aliphatic carbocycles. The molecule has 3 rings (SSSR count). The number of anilines is 1. The molecule has 0 bridgehead atoms. The van der Waals surface area contributed by atoms with Crippen molar-refractivity contribution in [2.75, 3.05) is 11.4 Å². The quantitative estimate of drug-likeness (QED) is 0.559. The van der Waals surface area contributed by atoms with Crippen LogP contribution in [0.5, 0.6) is 5.75 Å². The van der Waals surface area contributed by atoms with Crippen LogP contribution in [-0.4, -0.2) is 34.9 Å². The topological polar surface area (TPSA) is 150 Å². The second-order valence-corrected chi connectivity index (χ2v) is 9.63. The Bertz CT molecular complexity index is 1180. The van der Waals surface area contributed by atoms with E-state index in [0.29, 0.717) is 5.56 Å². The van der Waals surface area contributed by atoms with Crippen molar-refractivity contribution in [1.82, 2.24) is 0 Å². The average molecular weight is 427 g/mol. The molecule has 0 amide bonds. The number of nitro groups is 1. The molecule has 10 nitrogen and oxygen atoms in total. The van der Waals surface area contributed by atoms with Crippen LogP contribution >= 0.6 is 0 Å². The molecule has 1 aliphatic rings. The third-order valence-corrected chi connectivity index (χ3v) is 7.32. The summed E-state index contributed by atoms with van der Waals surface area (Å²) in [5.41, 5.74) is 0.116. The summed E-state index contributed by atoms with van der Waals surface area (Å²) in [6.07, 6.45) is 0.238. The number of nitrogens with two attached hydrogens (primary N) is 1. The number of primary sulfonamides is 1. The predicted molar refractivity (Wildman–Crippen MR) is 100 cm³/mol. The zero-order valence-corrected chi connectivity index (χ0v) is 16.5. The Labute approximate surface area is 161 Å². The number of rotatable bonds is 5. The lowest BCUT2D eigenvalue weighted by molar-refractivity contribution is -0.387. The first-order chi connectivity index (χ1) is 13.0. The van der Waals surface area contributed by atoms with Gasteiger partial charge < -0.3 is 4.74 Å². The first kappa shape index (κ1) is 20.0. The summed E-state index contributed by atoms with van der Waals surface area (Å²) in [5.74, 6) is 0.151. The Morgan fingerprint density at radius 1 is 1.18 bits per heavy atom. The SMILES string of the molecule is COc1ccc(S(=O)(=O)N2c3ccc(S(N)(=O)=O)cc3CC2C)c([N+](=O)[O-])c1. The van der Waals surface area contributed by atoms with E-state index in [2.05, 4.69) is 0 Å². The van der Waals surface area contributed by atoms with Gasteiger partial charge in [0.1, 0.15) is 5.75 Å². The van der Waals surface area contributed by atoms with E-state index in [0.717, 1.165) is 16.4 Å². The molecule has 1 atom stereocenters. The molecule has 1 aliphatic heterocycles. The highest BCUT2D eigenvalue weighted by Gasteiger charge is 2.40. The summed E-state index contributed by atoms with van der Waals surface area (Å²) in [5, 5.41) is 16.6. The molecule has 0 spiro atoms. The fourth-order valence-corrected chi connectivity index (χ4v) is 5.61. The van der Waals surface area contributed by atoms with Gasteiger partial charge in [0.15, 0.2) is 4.90 Å². The highest BCUT2D eigenvalue weighted by Crippen LogP contribution is 2.40. The van der Waals surface area contributed by atoms with Crippen molar-refractivity contribution in [1.29, 1.82) is 0 Å². The summed E-state index contributed by atoms with van der Waals surface area (Å²) < 4.78 is 55.6. The smallest absolute Gasteiger partial charge is 0.293 e. The Morgan fingerprint density at radius 2 is 1.86 bits per heavy atom. The number of hydrogen-bond donors (Lipinski definition) is 1. The summed E-state index contributed by atoms with van der Waals surface area (Å²) in [4.78, 5) is 10.0. The summed E-state index contributed by atoms with van der Waals surface area (Å²) in [6.45, 7) is 1.63. The third-order valence-electron chi connectivity index (χ3n) is 4.43. The largest absolute Gasteiger partial charge is 0.497 e. The van der Waals surface area contributed by atoms with E-state index in [4.69, 9.17) is 9.88 Å². The van der Waals surface area contributed by atoms with Crippen molar-refractivity contribution in [2.45, 2.75) is 29.2 Å². The second kappa shape index (κ2) is 6.72. The average Bonchev–Trinajstić information content (AvgIpc) is 2.95. The van der Waals surface area contributed by atoms with Gasteiger partial charge >= 0.3 is 0 Å². The van der Waals surface area contributed by atoms with Crippen LogP contribution < -0.4 is 14.2 Å². The molecule has 150 valence electrons. The first-order valence-electron chi connectivity index (χ1n) is 7.99. The van der Waals surface area contributed by atoms with Gasteiger partial charge in [-0.2, -0.15) is 0 Å². The van der Waals surface area contributed by atoms with Crippen molar-refractivity contribution in [2.24, 2.45) is 5.14 Å². The molecule has 2 N–H and O–H groups in total. The van der Waals surface area contributed by atoms with Gasteiger partial charge in [-0.25, -0.2) is 22.0 Å². The number of fused-ring (bicyclic) bond motifs is 1. The third kappa shape index (κ3) is 3.30. The second-order valence-electron chi connectivity index (χ2n) is 6.28. The van der Waals surface area contributed by atoms with Crippen molar-refractivity contribution in [3.8, 4) is 5.75 Å². The number of hydrogen-bond acceptors (Lipinski definition) is 7. The highest BCUT2D eigenvalue weighted by molar-refractivity contribution is 7.93. The molecule has 2 aromatic rings. The Balaban J connectivity index is 2.16. The number of sulfonamides is 2. The fourth-order valence-electron chi connectivity index (χ4n) is 3.21. The normalized spacial score (nSPS) is 16.7. The Kier molecular flexibility index (Phi) is 4.81. The number of benzene rings is 2. The minimum atomic E-state index is -4.29. The zero-order valence-electron chi connectivity index (χ0n) is 14.9. The molecular weight excluding hydrogens is 410 g/mol. The Morgan fingerprint density at radius 3 is 2.43 bits per heavy atom. The molecule has 0 saturated carbocycles. The van der Waals surface area contributed by atoms with E-state index in [1.807, 2.05) is 0 Å². The lowest BCUT2D eigenvalue weighted by atomic mass is 10.1. The Hall–Kier alpha value is -2.70. The molecule has 0 radical (unpaired) electrons. The van der Waals surface area contributed by atoms with Crippen LogP contribution in [0.25, 0.3) is 0 Å². The number of nitro benzene ring substituents is 1. The van der Waals surface area contributed by atoms with Gasteiger partial charge in [0.2, 0.25) is 10.0 Å². The van der Waals surface area contributed by atoms with Crippen molar-refractivity contribution in [3.05, 3.63) is 52.1 Å². The van der Waals surface area contributed by atoms with Gasteiger partial charge in [-0.1, -0.05) is 0 Å². The van der Waals surface area contributed by atoms with Gasteiger partial charge in [-0.05, 0) is 49.2 Å². The van der Waals surface area contributed by atoms with Crippen LogP contribution in [-0.2, 0) is 26.5 Å². The molecule has 1 heterocycles. The minimum absolute atomic E-state index is 0.131. The van der Waals surface area contributed by atoms with E-state index < -0.39 is 41.6 Å². The van der Waals surface area contributed by atoms with Gasteiger partial charge in [0.05, 0.1) is 28.7 Å². The van der Waals surface area contributed by atoms with Crippen LogP contribution in [0.3, 0.4) is 0 Å². The highest BCUT2D eigenvalue weighted by atomic mass is 32.2. The summed E-state index contributed by atoms with van der Waals surface area (Å²) in [7, 11) is -6.92. The van der Waals surface area contributed by atoms with Crippen LogP contribution in [0.15, 0.2) is 46.2 Å². The van der Waals surface area contributed by atoms with Crippen LogP contribution in [0, 0.1) is 10.1 Å². The van der Waals surface area contributed by atoms with Crippen molar-refractivity contribution >= 4 is 31.4 Å². The molecule has 28 heavy (non-hydrogen) atoms. The van der Waals surface area contributed by atoms with E-state index in [1.165, 1.54) is 31.4 Å². The maximum absolute atomic E-state index is 13.3. The lowest BCUT2D eigenvalue weighted by Gasteiger charge is -2.24. The lowest BCUT2D eigenvalue weighted by Crippen LogP contribution is -2.36. The maximum atomic E-state index is 13.3. The van der Waals surface area contributed by atoms with E-state index >= 15 is 0 Å². The molecular formula is C16H17N3O7S2. The van der Waals surface area contributed by atoms with Crippen LogP contribution in [0.2, 0.25) is 0 Å². The number of nitrogens with zero attached hydrogens (tertiary/aromatic N) is 2. The van der Waals surface area contributed by atoms with E-state index in [9.17, 15) is 26.9 Å². The minimum Gasteiger partial charge on any atom is -0.497 e. The van der Waals surface area contributed by atoms with Gasteiger partial charge in [0.25, 0.3) is 15.7 Å². The van der Waals surface area contributed by atoms with E-state index in [1.54, 1.807) is 6.92 Å². The van der Waals surface area contributed by atoms with Crippen molar-refractivity contribution in [3.63, 3.8) is 0 Å². The molecule has 0 saturated heterocycles.